The molecule has 120 valence electrons. The van der Waals surface area contributed by atoms with E-state index in [4.69, 9.17) is 0 Å². The van der Waals surface area contributed by atoms with Gasteiger partial charge in [0, 0.05) is 17.3 Å². The van der Waals surface area contributed by atoms with Gasteiger partial charge in [0.25, 0.3) is 5.91 Å². The monoisotopic (exact) mass is 330 g/mol. The van der Waals surface area contributed by atoms with Crippen LogP contribution in [0.2, 0.25) is 0 Å². The summed E-state index contributed by atoms with van der Waals surface area (Å²) in [5.41, 5.74) is 2.39. The average molecular weight is 330 g/mol. The number of hydrogen-bond donors (Lipinski definition) is 1. The molecule has 5 nitrogen and oxygen atoms in total. The lowest BCUT2D eigenvalue weighted by atomic mass is 10.1. The van der Waals surface area contributed by atoms with Crippen LogP contribution in [-0.4, -0.2) is 27.4 Å². The van der Waals surface area contributed by atoms with E-state index in [9.17, 15) is 13.2 Å². The van der Waals surface area contributed by atoms with Crippen LogP contribution in [0.15, 0.2) is 53.4 Å². The van der Waals surface area contributed by atoms with Crippen LogP contribution < -0.4 is 9.62 Å². The second kappa shape index (κ2) is 5.79. The molecule has 0 radical (unpaired) electrons. The van der Waals surface area contributed by atoms with E-state index in [1.54, 1.807) is 17.0 Å². The molecule has 23 heavy (non-hydrogen) atoms. The Bertz CT molecular complexity index is 862. The molecule has 0 saturated carbocycles. The summed E-state index contributed by atoms with van der Waals surface area (Å²) in [6.45, 7) is 1.99. The zero-order valence-corrected chi connectivity index (χ0v) is 13.8. The van der Waals surface area contributed by atoms with Crippen molar-refractivity contribution in [1.29, 1.82) is 0 Å². The average Bonchev–Trinajstić information content (AvgIpc) is 2.90. The first-order valence-corrected chi connectivity index (χ1v) is 8.87. The molecule has 1 heterocycles. The molecule has 0 spiro atoms. The third kappa shape index (κ3) is 2.75. The molecule has 1 aliphatic rings. The fourth-order valence-corrected chi connectivity index (χ4v) is 3.70. The maximum Gasteiger partial charge on any atom is 0.258 e. The molecule has 0 aromatic heterocycles. The Morgan fingerprint density at radius 2 is 1.91 bits per heavy atom. The maximum atomic E-state index is 12.9. The molecule has 1 aliphatic heterocycles. The molecule has 0 bridgehead atoms. The van der Waals surface area contributed by atoms with Crippen LogP contribution in [0.4, 0.5) is 5.69 Å². The second-order valence-electron chi connectivity index (χ2n) is 5.59. The topological polar surface area (TPSA) is 66.5 Å². The Labute approximate surface area is 136 Å². The molecule has 6 heteroatoms. The minimum absolute atomic E-state index is 0.0458. The van der Waals surface area contributed by atoms with E-state index in [1.807, 2.05) is 31.2 Å². The highest BCUT2D eigenvalue weighted by Crippen LogP contribution is 2.33. The van der Waals surface area contributed by atoms with Gasteiger partial charge in [-0.2, -0.15) is 0 Å². The molecule has 0 aliphatic carbocycles. The normalized spacial score (nSPS) is 17.1. The van der Waals surface area contributed by atoms with Crippen molar-refractivity contribution >= 4 is 21.6 Å². The molecule has 0 saturated heterocycles. The number of nitrogens with zero attached hydrogens (tertiary/aromatic N) is 1. The van der Waals surface area contributed by atoms with Crippen LogP contribution in [0.5, 0.6) is 0 Å². The molecule has 1 N–H and O–H groups in total. The molecular formula is C17H18N2O3S. The Morgan fingerprint density at radius 1 is 1.17 bits per heavy atom. The molecule has 2 aromatic carbocycles. The van der Waals surface area contributed by atoms with Gasteiger partial charge in [0.15, 0.2) is 0 Å². The largest absolute Gasteiger partial charge is 0.305 e. The Morgan fingerprint density at radius 3 is 2.65 bits per heavy atom. The molecular weight excluding hydrogens is 312 g/mol. The van der Waals surface area contributed by atoms with Crippen LogP contribution >= 0.6 is 0 Å². The van der Waals surface area contributed by atoms with Gasteiger partial charge in [-0.25, -0.2) is 13.1 Å². The van der Waals surface area contributed by atoms with Crippen LogP contribution in [0, 0.1) is 0 Å². The number of hydrogen-bond acceptors (Lipinski definition) is 3. The molecule has 1 amide bonds. The predicted molar refractivity (Wildman–Crippen MR) is 89.1 cm³/mol. The van der Waals surface area contributed by atoms with Crippen molar-refractivity contribution in [3.05, 3.63) is 59.7 Å². The fourth-order valence-electron chi connectivity index (χ4n) is 2.93. The van der Waals surface area contributed by atoms with E-state index in [0.29, 0.717) is 5.56 Å². The number of carbonyl (C=O) groups is 1. The predicted octanol–water partition coefficient (Wildman–Crippen LogP) is 2.19. The summed E-state index contributed by atoms with van der Waals surface area (Å²) < 4.78 is 26.1. The van der Waals surface area contributed by atoms with Gasteiger partial charge in [0.1, 0.15) is 0 Å². The zero-order valence-electron chi connectivity index (χ0n) is 13.0. The minimum atomic E-state index is -3.57. The first-order chi connectivity index (χ1) is 10.9. The van der Waals surface area contributed by atoms with E-state index in [-0.39, 0.29) is 16.8 Å². The minimum Gasteiger partial charge on any atom is -0.305 e. The highest BCUT2D eigenvalue weighted by molar-refractivity contribution is 7.89. The van der Waals surface area contributed by atoms with Crippen LogP contribution in [0.1, 0.15) is 22.8 Å². The highest BCUT2D eigenvalue weighted by Gasteiger charge is 2.31. The van der Waals surface area contributed by atoms with Gasteiger partial charge in [-0.15, -0.1) is 0 Å². The van der Waals surface area contributed by atoms with Crippen LogP contribution in [-0.2, 0) is 16.4 Å². The van der Waals surface area contributed by atoms with Crippen molar-refractivity contribution in [3.8, 4) is 0 Å². The molecule has 0 fully saturated rings. The van der Waals surface area contributed by atoms with E-state index >= 15 is 0 Å². The molecule has 1 atom stereocenters. The maximum absolute atomic E-state index is 12.9. The number of anilines is 1. The summed E-state index contributed by atoms with van der Waals surface area (Å²) in [6, 6.07) is 14.0. The van der Waals surface area contributed by atoms with Gasteiger partial charge in [-0.3, -0.25) is 4.79 Å². The van der Waals surface area contributed by atoms with Gasteiger partial charge < -0.3 is 4.90 Å². The van der Waals surface area contributed by atoms with Crippen molar-refractivity contribution in [3.63, 3.8) is 0 Å². The number of carbonyl (C=O) groups excluding carboxylic acids is 1. The third-order valence-corrected chi connectivity index (χ3v) is 5.50. The lowest BCUT2D eigenvalue weighted by Gasteiger charge is -2.23. The number of rotatable bonds is 3. The number of nitrogens with one attached hydrogen (secondary N) is 1. The van der Waals surface area contributed by atoms with Crippen molar-refractivity contribution in [2.24, 2.45) is 0 Å². The molecule has 3 rings (SSSR count). The van der Waals surface area contributed by atoms with E-state index in [1.165, 1.54) is 19.2 Å². The summed E-state index contributed by atoms with van der Waals surface area (Å²) >= 11 is 0. The summed E-state index contributed by atoms with van der Waals surface area (Å²) in [5, 5.41) is 0. The summed E-state index contributed by atoms with van der Waals surface area (Å²) in [5.74, 6) is -0.185. The third-order valence-electron chi connectivity index (χ3n) is 4.09. The standard InChI is InChI=1S/C17H18N2O3S/c1-12-10-13-6-3-4-9-16(13)19(12)17(20)14-7-5-8-15(11-14)23(21,22)18-2/h3-9,11-12,18H,10H2,1-2H3/t12-/m1/s1. The van der Waals surface area contributed by atoms with Gasteiger partial charge >= 0.3 is 0 Å². The van der Waals surface area contributed by atoms with E-state index in [2.05, 4.69) is 4.72 Å². The zero-order chi connectivity index (χ0) is 16.6. The summed E-state index contributed by atoms with van der Waals surface area (Å²) in [6.07, 6.45) is 0.802. The van der Waals surface area contributed by atoms with Gasteiger partial charge in [-0.05, 0) is 50.2 Å². The summed E-state index contributed by atoms with van der Waals surface area (Å²) in [4.78, 5) is 14.7. The quantitative estimate of drug-likeness (QED) is 0.938. The van der Waals surface area contributed by atoms with E-state index < -0.39 is 10.0 Å². The first-order valence-electron chi connectivity index (χ1n) is 7.39. The smallest absolute Gasteiger partial charge is 0.258 e. The van der Waals surface area contributed by atoms with Gasteiger partial charge in [0.05, 0.1) is 4.90 Å². The second-order valence-corrected chi connectivity index (χ2v) is 7.48. The lowest BCUT2D eigenvalue weighted by Crippen LogP contribution is -2.35. The Kier molecular flexibility index (Phi) is 3.95. The van der Waals surface area contributed by atoms with Crippen molar-refractivity contribution < 1.29 is 13.2 Å². The fraction of sp³-hybridized carbons (Fsp3) is 0.235. The van der Waals surface area contributed by atoms with E-state index in [0.717, 1.165) is 17.7 Å². The SMILES string of the molecule is CNS(=O)(=O)c1cccc(C(=O)N2c3ccccc3C[C@H]2C)c1. The first kappa shape index (κ1) is 15.7. The number of amides is 1. The number of benzene rings is 2. The number of para-hydroxylation sites is 1. The summed E-state index contributed by atoms with van der Waals surface area (Å²) in [7, 11) is -2.22. The van der Waals surface area contributed by atoms with Gasteiger partial charge in [0.2, 0.25) is 10.0 Å². The van der Waals surface area contributed by atoms with Crippen molar-refractivity contribution in [2.75, 3.05) is 11.9 Å². The Hall–Kier alpha value is -2.18. The molecule has 0 unspecified atom stereocenters. The van der Waals surface area contributed by atoms with Crippen molar-refractivity contribution in [1.82, 2.24) is 4.72 Å². The number of sulfonamides is 1. The number of fused-ring (bicyclic) bond motifs is 1. The lowest BCUT2D eigenvalue weighted by molar-refractivity contribution is 0.0981. The molecule has 2 aromatic rings. The van der Waals surface area contributed by atoms with Crippen LogP contribution in [0.3, 0.4) is 0 Å². The Balaban J connectivity index is 2.00. The van der Waals surface area contributed by atoms with Gasteiger partial charge in [-0.1, -0.05) is 24.3 Å². The van der Waals surface area contributed by atoms with Crippen molar-refractivity contribution in [2.45, 2.75) is 24.3 Å². The highest BCUT2D eigenvalue weighted by atomic mass is 32.2. The van der Waals surface area contributed by atoms with Crippen LogP contribution in [0.25, 0.3) is 0 Å².